The highest BCUT2D eigenvalue weighted by atomic mass is 16.5. The van der Waals surface area contributed by atoms with Crippen LogP contribution in [0.3, 0.4) is 0 Å². The smallest absolute Gasteiger partial charge is 0.119 e. The summed E-state index contributed by atoms with van der Waals surface area (Å²) < 4.78 is 11.8. The summed E-state index contributed by atoms with van der Waals surface area (Å²) in [6.45, 7) is 6.65. The molecule has 1 N–H and O–H groups in total. The summed E-state index contributed by atoms with van der Waals surface area (Å²) in [5, 5.41) is 3.45. The Morgan fingerprint density at radius 3 is 3.00 bits per heavy atom. The third kappa shape index (κ3) is 6.49. The van der Waals surface area contributed by atoms with E-state index >= 15 is 0 Å². The van der Waals surface area contributed by atoms with E-state index in [-0.39, 0.29) is 0 Å². The summed E-state index contributed by atoms with van der Waals surface area (Å²) in [7, 11) is 0. The first-order valence-corrected chi connectivity index (χ1v) is 8.70. The predicted molar refractivity (Wildman–Crippen MR) is 96.0 cm³/mol. The van der Waals surface area contributed by atoms with Gasteiger partial charge in [-0.05, 0) is 56.5 Å². The molecule has 1 heterocycles. The van der Waals surface area contributed by atoms with Gasteiger partial charge in [-0.1, -0.05) is 31.2 Å². The normalized spacial score (nSPS) is 22.0. The van der Waals surface area contributed by atoms with Gasteiger partial charge in [0, 0.05) is 12.5 Å². The van der Waals surface area contributed by atoms with Crippen molar-refractivity contribution in [3.05, 3.63) is 59.6 Å². The first-order chi connectivity index (χ1) is 11.3. The minimum atomic E-state index is 0.495. The summed E-state index contributed by atoms with van der Waals surface area (Å²) >= 11 is 0. The van der Waals surface area contributed by atoms with Crippen molar-refractivity contribution in [2.24, 2.45) is 0 Å². The van der Waals surface area contributed by atoms with Crippen molar-refractivity contribution < 1.29 is 9.47 Å². The summed E-state index contributed by atoms with van der Waals surface area (Å²) in [6, 6.07) is 0.495. The van der Waals surface area contributed by atoms with Crippen molar-refractivity contribution in [3.8, 4) is 0 Å². The molecule has 3 nitrogen and oxygen atoms in total. The van der Waals surface area contributed by atoms with Crippen LogP contribution in [0.25, 0.3) is 0 Å². The maximum Gasteiger partial charge on any atom is 0.119 e. The van der Waals surface area contributed by atoms with Gasteiger partial charge in [0.2, 0.25) is 0 Å². The molecule has 0 amide bonds. The van der Waals surface area contributed by atoms with Gasteiger partial charge < -0.3 is 14.8 Å². The van der Waals surface area contributed by atoms with Crippen LogP contribution in [0.1, 0.15) is 39.5 Å². The Morgan fingerprint density at radius 1 is 1.35 bits per heavy atom. The number of rotatable bonds is 8. The zero-order valence-electron chi connectivity index (χ0n) is 14.4. The van der Waals surface area contributed by atoms with Crippen LogP contribution in [0.5, 0.6) is 0 Å². The molecule has 2 rings (SSSR count). The molecule has 0 bridgehead atoms. The predicted octanol–water partition coefficient (Wildman–Crippen LogP) is 4.41. The fourth-order valence-corrected chi connectivity index (χ4v) is 2.56. The van der Waals surface area contributed by atoms with E-state index < -0.39 is 0 Å². The van der Waals surface area contributed by atoms with E-state index in [9.17, 15) is 0 Å². The largest absolute Gasteiger partial charge is 0.493 e. The molecular weight excluding hydrogens is 286 g/mol. The van der Waals surface area contributed by atoms with Crippen LogP contribution in [0.15, 0.2) is 59.6 Å². The van der Waals surface area contributed by atoms with Crippen molar-refractivity contribution >= 4 is 0 Å². The fraction of sp³-hybridized carbons (Fsp3) is 0.500. The summed E-state index contributed by atoms with van der Waals surface area (Å²) in [4.78, 5) is 0. The Labute approximate surface area is 140 Å². The molecule has 1 aliphatic heterocycles. The van der Waals surface area contributed by atoms with E-state index in [2.05, 4.69) is 36.5 Å². The maximum absolute atomic E-state index is 5.92. The lowest BCUT2D eigenvalue weighted by Crippen LogP contribution is -2.26. The van der Waals surface area contributed by atoms with Crippen LogP contribution < -0.4 is 5.32 Å². The highest BCUT2D eigenvalue weighted by Gasteiger charge is 2.14. The van der Waals surface area contributed by atoms with E-state index in [0.717, 1.165) is 37.5 Å². The van der Waals surface area contributed by atoms with Gasteiger partial charge in [0.15, 0.2) is 0 Å². The molecule has 126 valence electrons. The van der Waals surface area contributed by atoms with Crippen LogP contribution in [-0.2, 0) is 9.47 Å². The topological polar surface area (TPSA) is 30.5 Å². The van der Waals surface area contributed by atoms with Crippen molar-refractivity contribution in [1.82, 2.24) is 5.32 Å². The Hall–Kier alpha value is -1.74. The third-order valence-corrected chi connectivity index (χ3v) is 4.01. The number of ether oxygens (including phenoxy) is 2. The Morgan fingerprint density at radius 2 is 2.26 bits per heavy atom. The Balaban J connectivity index is 1.81. The minimum Gasteiger partial charge on any atom is -0.493 e. The summed E-state index contributed by atoms with van der Waals surface area (Å²) in [6.07, 6.45) is 18.9. The molecule has 1 saturated heterocycles. The van der Waals surface area contributed by atoms with Crippen LogP contribution in [0.4, 0.5) is 0 Å². The van der Waals surface area contributed by atoms with E-state index in [1.165, 1.54) is 18.4 Å². The van der Waals surface area contributed by atoms with Gasteiger partial charge in [0.1, 0.15) is 24.7 Å². The average molecular weight is 315 g/mol. The van der Waals surface area contributed by atoms with Crippen LogP contribution in [-0.4, -0.2) is 25.8 Å². The van der Waals surface area contributed by atoms with Crippen LogP contribution >= 0.6 is 0 Å². The highest BCUT2D eigenvalue weighted by molar-refractivity contribution is 5.26. The van der Waals surface area contributed by atoms with Crippen molar-refractivity contribution in [3.63, 3.8) is 0 Å². The molecule has 0 radical (unpaired) electrons. The van der Waals surface area contributed by atoms with E-state index in [4.69, 9.17) is 9.47 Å². The summed E-state index contributed by atoms with van der Waals surface area (Å²) in [5.74, 6) is 1.89. The van der Waals surface area contributed by atoms with Gasteiger partial charge in [-0.25, -0.2) is 0 Å². The molecular formula is C20H29NO2. The van der Waals surface area contributed by atoms with Crippen molar-refractivity contribution in [2.75, 3.05) is 19.8 Å². The van der Waals surface area contributed by atoms with Gasteiger partial charge in [0.25, 0.3) is 0 Å². The monoisotopic (exact) mass is 315 g/mol. The maximum atomic E-state index is 5.92. The molecule has 0 aromatic carbocycles. The lowest BCUT2D eigenvalue weighted by atomic mass is 10.2. The van der Waals surface area contributed by atoms with E-state index in [1.54, 1.807) is 0 Å². The van der Waals surface area contributed by atoms with Crippen LogP contribution in [0.2, 0.25) is 0 Å². The van der Waals surface area contributed by atoms with Crippen molar-refractivity contribution in [2.45, 2.75) is 45.6 Å². The quantitative estimate of drug-likeness (QED) is 0.673. The molecule has 1 aliphatic carbocycles. The van der Waals surface area contributed by atoms with Gasteiger partial charge in [-0.3, -0.25) is 0 Å². The second-order valence-corrected chi connectivity index (χ2v) is 5.88. The lowest BCUT2D eigenvalue weighted by molar-refractivity contribution is 0.197. The molecule has 0 saturated carbocycles. The second-order valence-electron chi connectivity index (χ2n) is 5.88. The Bertz CT molecular complexity index is 506. The van der Waals surface area contributed by atoms with Crippen molar-refractivity contribution in [1.29, 1.82) is 0 Å². The minimum absolute atomic E-state index is 0.495. The zero-order chi connectivity index (χ0) is 16.3. The molecule has 23 heavy (non-hydrogen) atoms. The molecule has 3 heteroatoms. The van der Waals surface area contributed by atoms with Gasteiger partial charge in [-0.2, -0.15) is 0 Å². The van der Waals surface area contributed by atoms with E-state index in [0.29, 0.717) is 12.6 Å². The van der Waals surface area contributed by atoms with Gasteiger partial charge in [0.05, 0.1) is 0 Å². The molecule has 0 spiro atoms. The van der Waals surface area contributed by atoms with Gasteiger partial charge >= 0.3 is 0 Å². The first kappa shape index (κ1) is 17.6. The molecule has 0 aromatic rings. The summed E-state index contributed by atoms with van der Waals surface area (Å²) in [5.41, 5.74) is 1.20. The zero-order valence-corrected chi connectivity index (χ0v) is 14.4. The molecule has 1 atom stereocenters. The number of allylic oxidation sites excluding steroid dienone is 6. The SMILES string of the molecule is C/C=C(\C=C/CC)COC1=CC=C(OC[C@H]2CCCN2)C=CC1. The second kappa shape index (κ2) is 10.1. The van der Waals surface area contributed by atoms with E-state index in [1.807, 2.05) is 25.2 Å². The average Bonchev–Trinajstić information content (AvgIpc) is 2.99. The van der Waals surface area contributed by atoms with Crippen LogP contribution in [0, 0.1) is 0 Å². The third-order valence-electron chi connectivity index (χ3n) is 4.01. The highest BCUT2D eigenvalue weighted by Crippen LogP contribution is 2.16. The number of nitrogens with one attached hydrogen (secondary N) is 1. The number of hydrogen-bond acceptors (Lipinski definition) is 3. The molecule has 0 aromatic heterocycles. The number of hydrogen-bond donors (Lipinski definition) is 1. The lowest BCUT2D eigenvalue weighted by Gasteiger charge is -2.12. The Kier molecular flexibility index (Phi) is 7.74. The standard InChI is InChI=1S/C20H29NO2/c1-3-5-8-17(4-2)15-22-19-10-6-11-20(13-12-19)23-16-18-9-7-14-21-18/h4-6,8,11-13,18,21H,3,7,9-10,14-16H2,1-2H3/b8-5-,17-4+/t18-/m1/s1. The molecule has 0 unspecified atom stereocenters. The van der Waals surface area contributed by atoms with Gasteiger partial charge in [-0.15, -0.1) is 0 Å². The molecule has 1 fully saturated rings. The molecule has 2 aliphatic rings. The fourth-order valence-electron chi connectivity index (χ4n) is 2.56. The first-order valence-electron chi connectivity index (χ1n) is 8.70.